The number of hydrogen-bond donors (Lipinski definition) is 2. The molecular formula is C20H27N6O2+. The van der Waals surface area contributed by atoms with Gasteiger partial charge in [-0.2, -0.15) is 4.98 Å². The zero-order valence-corrected chi connectivity index (χ0v) is 16.5. The van der Waals surface area contributed by atoms with Gasteiger partial charge in [0.1, 0.15) is 36.2 Å². The zero-order chi connectivity index (χ0) is 19.6. The molecular weight excluding hydrogens is 356 g/mol. The zero-order valence-electron chi connectivity index (χ0n) is 16.5. The maximum absolute atomic E-state index is 9.93. The summed E-state index contributed by atoms with van der Waals surface area (Å²) in [6.45, 7) is 7.55. The normalized spacial score (nSPS) is 35.4. The number of aromatic nitrogens is 4. The number of aliphatic hydroxyl groups is 2. The third kappa shape index (κ3) is 2.28. The van der Waals surface area contributed by atoms with Gasteiger partial charge in [0.2, 0.25) is 5.82 Å². The maximum Gasteiger partial charge on any atom is 0.231 e. The van der Waals surface area contributed by atoms with E-state index in [2.05, 4.69) is 26.8 Å². The summed E-state index contributed by atoms with van der Waals surface area (Å²) in [4.78, 5) is 20.1. The first kappa shape index (κ1) is 17.9. The van der Waals surface area contributed by atoms with Gasteiger partial charge in [-0.3, -0.25) is 4.48 Å². The van der Waals surface area contributed by atoms with Crippen molar-refractivity contribution in [2.75, 3.05) is 18.0 Å². The van der Waals surface area contributed by atoms with E-state index in [-0.39, 0.29) is 0 Å². The van der Waals surface area contributed by atoms with Crippen LogP contribution in [0.1, 0.15) is 51.0 Å². The number of hydrogen-bond acceptors (Lipinski definition) is 7. The number of piperazine rings is 1. The van der Waals surface area contributed by atoms with Gasteiger partial charge in [0.15, 0.2) is 11.6 Å². The Morgan fingerprint density at radius 1 is 1.00 bits per heavy atom. The van der Waals surface area contributed by atoms with E-state index >= 15 is 0 Å². The molecule has 3 fully saturated rings. The topological polar surface area (TPSA) is 95.3 Å². The van der Waals surface area contributed by atoms with Crippen LogP contribution >= 0.6 is 0 Å². The van der Waals surface area contributed by atoms with E-state index < -0.39 is 12.2 Å². The van der Waals surface area contributed by atoms with E-state index in [9.17, 15) is 10.2 Å². The number of nitrogens with zero attached hydrogens (tertiary/aromatic N) is 6. The summed E-state index contributed by atoms with van der Waals surface area (Å²) in [7, 11) is 0. The van der Waals surface area contributed by atoms with Gasteiger partial charge >= 0.3 is 0 Å². The van der Waals surface area contributed by atoms with E-state index in [4.69, 9.17) is 4.98 Å². The minimum atomic E-state index is -0.671. The average molecular weight is 383 g/mol. The third-order valence-electron chi connectivity index (χ3n) is 7.05. The van der Waals surface area contributed by atoms with Gasteiger partial charge in [-0.1, -0.05) is 6.92 Å². The van der Waals surface area contributed by atoms with Gasteiger partial charge in [-0.25, -0.2) is 15.0 Å². The van der Waals surface area contributed by atoms with Crippen molar-refractivity contribution >= 4 is 11.6 Å². The predicted octanol–water partition coefficient (Wildman–Crippen LogP) is 1.36. The fourth-order valence-corrected chi connectivity index (χ4v) is 5.73. The second kappa shape index (κ2) is 6.17. The first-order valence-electron chi connectivity index (χ1n) is 10.1. The van der Waals surface area contributed by atoms with Gasteiger partial charge in [-0.05, 0) is 19.9 Å². The van der Waals surface area contributed by atoms with Crippen molar-refractivity contribution in [1.82, 2.24) is 24.4 Å². The molecule has 5 heterocycles. The maximum atomic E-state index is 9.93. The van der Waals surface area contributed by atoms with Gasteiger partial charge in [0.25, 0.3) is 0 Å². The second-order valence-electron chi connectivity index (χ2n) is 8.52. The molecule has 0 saturated carbocycles. The molecule has 148 valence electrons. The van der Waals surface area contributed by atoms with E-state index in [0.29, 0.717) is 35.7 Å². The second-order valence-corrected chi connectivity index (χ2v) is 8.52. The highest BCUT2D eigenvalue weighted by Gasteiger charge is 2.75. The van der Waals surface area contributed by atoms with Crippen LogP contribution in [0.5, 0.6) is 0 Å². The van der Waals surface area contributed by atoms with E-state index in [1.165, 1.54) is 6.42 Å². The summed E-state index contributed by atoms with van der Waals surface area (Å²) in [6, 6.07) is 5.46. The highest BCUT2D eigenvalue weighted by Crippen LogP contribution is 2.58. The predicted molar refractivity (Wildman–Crippen MR) is 104 cm³/mol. The molecule has 0 spiro atoms. The van der Waals surface area contributed by atoms with Crippen LogP contribution in [0.15, 0.2) is 24.5 Å². The molecule has 2 aromatic heterocycles. The lowest BCUT2D eigenvalue weighted by Crippen LogP contribution is -2.94. The van der Waals surface area contributed by atoms with Crippen LogP contribution < -0.4 is 9.38 Å². The van der Waals surface area contributed by atoms with E-state index in [1.54, 1.807) is 26.2 Å². The van der Waals surface area contributed by atoms with Crippen LogP contribution in [-0.4, -0.2) is 61.4 Å². The molecule has 2 N–H and O–H groups in total. The van der Waals surface area contributed by atoms with Crippen molar-refractivity contribution in [2.24, 2.45) is 5.92 Å². The fourth-order valence-electron chi connectivity index (χ4n) is 5.73. The summed E-state index contributed by atoms with van der Waals surface area (Å²) >= 11 is 0. The molecule has 3 saturated heterocycles. The first-order valence-corrected chi connectivity index (χ1v) is 10.1. The van der Waals surface area contributed by atoms with Crippen molar-refractivity contribution in [3.05, 3.63) is 36.2 Å². The molecule has 7 atom stereocenters. The quantitative estimate of drug-likeness (QED) is 0.770. The number of piperidine rings is 1. The molecule has 0 aliphatic carbocycles. The summed E-state index contributed by atoms with van der Waals surface area (Å²) < 4.78 is 0.925. The Balaban J connectivity index is 1.47. The third-order valence-corrected chi connectivity index (χ3v) is 7.05. The lowest BCUT2D eigenvalue weighted by molar-refractivity contribution is -0.164. The molecule has 0 amide bonds. The number of quaternary nitrogens is 1. The Morgan fingerprint density at radius 3 is 2.39 bits per heavy atom. The highest BCUT2D eigenvalue weighted by molar-refractivity contribution is 5.53. The van der Waals surface area contributed by atoms with E-state index in [0.717, 1.165) is 29.2 Å². The number of anilines is 1. The van der Waals surface area contributed by atoms with Gasteiger partial charge in [-0.15, -0.1) is 0 Å². The molecule has 2 aromatic rings. The summed E-state index contributed by atoms with van der Waals surface area (Å²) in [6.07, 6.45) is 3.36. The Labute approximate surface area is 164 Å². The van der Waals surface area contributed by atoms with Gasteiger partial charge in [0, 0.05) is 18.5 Å². The van der Waals surface area contributed by atoms with Crippen LogP contribution in [0.3, 0.4) is 0 Å². The molecule has 5 rings (SSSR count). The van der Waals surface area contributed by atoms with E-state index in [1.807, 2.05) is 12.1 Å². The first-order chi connectivity index (χ1) is 13.4. The lowest BCUT2D eigenvalue weighted by Gasteiger charge is -2.74. The van der Waals surface area contributed by atoms with Crippen molar-refractivity contribution in [3.8, 4) is 0 Å². The molecule has 8 nitrogen and oxygen atoms in total. The Bertz CT molecular complexity index is 906. The minimum Gasteiger partial charge on any atom is -0.385 e. The highest BCUT2D eigenvalue weighted by atomic mass is 16.3. The summed E-state index contributed by atoms with van der Waals surface area (Å²) in [5.74, 6) is 3.51. The van der Waals surface area contributed by atoms with Crippen LogP contribution in [0, 0.1) is 5.92 Å². The van der Waals surface area contributed by atoms with Gasteiger partial charge in [0.05, 0.1) is 25.4 Å². The molecule has 3 aliphatic rings. The van der Waals surface area contributed by atoms with Crippen LogP contribution in [-0.2, 0) is 0 Å². The smallest absolute Gasteiger partial charge is 0.231 e. The standard InChI is InChI=1S/C20H27N6O2/c1-11-15-8-14-9-25(17-4-6-21-19(23-17)12(2)27)10-16(11)26(14,15)18-5-7-22-20(24-18)13(3)28/h4-7,11-16,27-28H,8-10H2,1-3H3/q+1/t11-,12-,13-,14+,15?,16+,26?/m1/s1. The molecule has 2 unspecified atom stereocenters. The summed E-state index contributed by atoms with van der Waals surface area (Å²) in [5.41, 5.74) is 0. The monoisotopic (exact) mass is 383 g/mol. The molecule has 0 radical (unpaired) electrons. The van der Waals surface area contributed by atoms with Crippen LogP contribution in [0.4, 0.5) is 11.6 Å². The average Bonchev–Trinajstić information content (AvgIpc) is 2.67. The Morgan fingerprint density at radius 2 is 1.68 bits per heavy atom. The van der Waals surface area contributed by atoms with Crippen LogP contribution in [0.25, 0.3) is 0 Å². The van der Waals surface area contributed by atoms with Crippen molar-refractivity contribution in [2.45, 2.75) is 57.5 Å². The van der Waals surface area contributed by atoms with Crippen molar-refractivity contribution < 1.29 is 10.2 Å². The Hall–Kier alpha value is -2.16. The SMILES string of the molecule is C[C@@H]1C2C[C@H]3CN(c4ccnc([C@@H](C)O)n4)C[C@@H]1[N+]23c1ccnc([C@@H](C)O)n1. The molecule has 8 heteroatoms. The lowest BCUT2D eigenvalue weighted by atomic mass is 9.62. The largest absolute Gasteiger partial charge is 0.385 e. The fraction of sp³-hybridized carbons (Fsp3) is 0.600. The number of aliphatic hydroxyl groups excluding tert-OH is 2. The molecule has 0 aromatic carbocycles. The van der Waals surface area contributed by atoms with Crippen molar-refractivity contribution in [3.63, 3.8) is 0 Å². The molecule has 3 aliphatic heterocycles. The minimum absolute atomic E-state index is 0.444. The molecule has 28 heavy (non-hydrogen) atoms. The summed E-state index contributed by atoms with van der Waals surface area (Å²) in [5, 5.41) is 19.8. The Kier molecular flexibility index (Phi) is 3.94. The number of rotatable bonds is 4. The van der Waals surface area contributed by atoms with Crippen LogP contribution in [0.2, 0.25) is 0 Å². The van der Waals surface area contributed by atoms with Crippen molar-refractivity contribution in [1.29, 1.82) is 0 Å². The molecule has 0 bridgehead atoms. The van der Waals surface area contributed by atoms with Gasteiger partial charge < -0.3 is 15.1 Å².